The summed E-state index contributed by atoms with van der Waals surface area (Å²) < 4.78 is 12.1. The largest absolute Gasteiger partial charge is 0.478 e. The van der Waals surface area contributed by atoms with E-state index in [2.05, 4.69) is 4.90 Å². The number of ether oxygens (including phenoxy) is 2. The Kier molecular flexibility index (Phi) is 6.06. The van der Waals surface area contributed by atoms with Crippen molar-refractivity contribution in [2.45, 2.75) is 20.0 Å². The van der Waals surface area contributed by atoms with Gasteiger partial charge in [0.2, 0.25) is 5.78 Å². The fourth-order valence-electron chi connectivity index (χ4n) is 4.03. The molecule has 0 spiro atoms. The van der Waals surface area contributed by atoms with Gasteiger partial charge in [-0.3, -0.25) is 9.69 Å². The molecule has 3 aromatic carbocycles. The highest BCUT2D eigenvalue weighted by atomic mass is 35.5. The number of hydrogen-bond acceptors (Lipinski definition) is 4. The minimum atomic E-state index is -0.169. The van der Waals surface area contributed by atoms with Crippen LogP contribution in [0.2, 0.25) is 20.1 Å². The van der Waals surface area contributed by atoms with E-state index in [4.69, 9.17) is 55.9 Å². The van der Waals surface area contributed by atoms with Gasteiger partial charge in [0.25, 0.3) is 0 Å². The van der Waals surface area contributed by atoms with Crippen LogP contribution in [0.25, 0.3) is 6.08 Å². The Balaban J connectivity index is 1.45. The van der Waals surface area contributed by atoms with E-state index in [1.807, 2.05) is 25.1 Å². The van der Waals surface area contributed by atoms with Crippen LogP contribution in [0.1, 0.15) is 32.6 Å². The van der Waals surface area contributed by atoms with E-state index < -0.39 is 0 Å². The molecule has 0 fully saturated rings. The third-order valence-corrected chi connectivity index (χ3v) is 7.10. The monoisotopic (exact) mass is 519 g/mol. The van der Waals surface area contributed by atoms with Gasteiger partial charge >= 0.3 is 0 Å². The van der Waals surface area contributed by atoms with Crippen LogP contribution in [0, 0.1) is 6.92 Å². The first kappa shape index (κ1) is 22.6. The van der Waals surface area contributed by atoms with E-state index in [9.17, 15) is 4.79 Å². The summed E-state index contributed by atoms with van der Waals surface area (Å²) in [6.45, 7) is 3.46. The Morgan fingerprint density at radius 3 is 2.42 bits per heavy atom. The molecular formula is C25H17Cl4NO3. The summed E-state index contributed by atoms with van der Waals surface area (Å²) in [4.78, 5) is 15.3. The molecule has 4 nitrogen and oxygen atoms in total. The predicted octanol–water partition coefficient (Wildman–Crippen LogP) is 7.58. The Hall–Kier alpha value is -2.21. The maximum absolute atomic E-state index is 13.2. The van der Waals surface area contributed by atoms with Gasteiger partial charge in [0, 0.05) is 13.1 Å². The summed E-state index contributed by atoms with van der Waals surface area (Å²) in [6.07, 6.45) is 1.67. The minimum Gasteiger partial charge on any atom is -0.478 e. The SMILES string of the molecule is Cc1cc2c(c3c1C(=O)/C(=C/c1ccc(Cl)c(Cl)c1)O3)CN(Cc1ccc(Cl)c(Cl)c1)CO2. The van der Waals surface area contributed by atoms with E-state index in [0.717, 1.165) is 28.0 Å². The maximum atomic E-state index is 13.2. The van der Waals surface area contributed by atoms with Crippen LogP contribution in [0.5, 0.6) is 11.5 Å². The minimum absolute atomic E-state index is 0.169. The highest BCUT2D eigenvalue weighted by molar-refractivity contribution is 6.42. The molecule has 0 aromatic heterocycles. The zero-order valence-electron chi connectivity index (χ0n) is 17.4. The third kappa shape index (κ3) is 4.34. The topological polar surface area (TPSA) is 38.8 Å². The third-order valence-electron chi connectivity index (χ3n) is 5.62. The molecule has 0 amide bonds. The standard InChI is InChI=1S/C25H17Cl4NO3/c1-13-6-21-16(11-30(12-32-21)10-15-3-5-18(27)20(29)8-15)25-23(13)24(31)22(33-25)9-14-2-4-17(26)19(28)7-14/h2-9H,10-12H2,1H3/b22-9-. The summed E-state index contributed by atoms with van der Waals surface area (Å²) in [7, 11) is 0. The van der Waals surface area contributed by atoms with Crippen molar-refractivity contribution in [2.24, 2.45) is 0 Å². The number of aryl methyl sites for hydroxylation is 1. The number of ketones is 1. The number of halogens is 4. The van der Waals surface area contributed by atoms with Crippen LogP contribution in [0.3, 0.4) is 0 Å². The fraction of sp³-hybridized carbons (Fsp3) is 0.160. The number of carbonyl (C=O) groups excluding carboxylic acids is 1. The van der Waals surface area contributed by atoms with E-state index in [1.54, 1.807) is 30.3 Å². The molecule has 33 heavy (non-hydrogen) atoms. The first-order valence-corrected chi connectivity index (χ1v) is 11.7. The molecule has 168 valence electrons. The molecule has 0 saturated carbocycles. The zero-order chi connectivity index (χ0) is 23.3. The molecule has 0 N–H and O–H groups in total. The molecule has 2 heterocycles. The number of fused-ring (bicyclic) bond motifs is 3. The zero-order valence-corrected chi connectivity index (χ0v) is 20.4. The Labute approximate surface area is 211 Å². The van der Waals surface area contributed by atoms with Crippen molar-refractivity contribution in [3.05, 3.63) is 96.1 Å². The first-order valence-electron chi connectivity index (χ1n) is 10.1. The van der Waals surface area contributed by atoms with Crippen LogP contribution in [0.15, 0.2) is 48.2 Å². The van der Waals surface area contributed by atoms with Crippen LogP contribution < -0.4 is 9.47 Å². The molecule has 2 aliphatic rings. The molecule has 0 radical (unpaired) electrons. The predicted molar refractivity (Wildman–Crippen MR) is 132 cm³/mol. The van der Waals surface area contributed by atoms with Crippen molar-refractivity contribution in [3.8, 4) is 11.5 Å². The highest BCUT2D eigenvalue weighted by Gasteiger charge is 2.35. The Morgan fingerprint density at radius 2 is 1.70 bits per heavy atom. The fourth-order valence-corrected chi connectivity index (χ4v) is 4.65. The molecule has 2 aliphatic heterocycles. The van der Waals surface area contributed by atoms with Gasteiger partial charge in [-0.25, -0.2) is 0 Å². The van der Waals surface area contributed by atoms with E-state index in [1.165, 1.54) is 0 Å². The van der Waals surface area contributed by atoms with E-state index >= 15 is 0 Å². The second-order valence-corrected chi connectivity index (χ2v) is 9.63. The van der Waals surface area contributed by atoms with Gasteiger partial charge in [-0.1, -0.05) is 58.5 Å². The van der Waals surface area contributed by atoms with Crippen LogP contribution in [-0.4, -0.2) is 17.4 Å². The average Bonchev–Trinajstić information content (AvgIpc) is 3.11. The van der Waals surface area contributed by atoms with Crippen molar-refractivity contribution >= 4 is 58.3 Å². The molecule has 0 atom stereocenters. The van der Waals surface area contributed by atoms with Gasteiger partial charge in [0.05, 0.1) is 31.2 Å². The lowest BCUT2D eigenvalue weighted by molar-refractivity contribution is 0.0872. The van der Waals surface area contributed by atoms with Crippen molar-refractivity contribution in [3.63, 3.8) is 0 Å². The van der Waals surface area contributed by atoms with Crippen LogP contribution in [-0.2, 0) is 13.1 Å². The van der Waals surface area contributed by atoms with E-state index in [-0.39, 0.29) is 11.5 Å². The molecule has 5 rings (SSSR count). The lowest BCUT2D eigenvalue weighted by Crippen LogP contribution is -2.31. The van der Waals surface area contributed by atoms with Crippen LogP contribution in [0.4, 0.5) is 0 Å². The summed E-state index contributed by atoms with van der Waals surface area (Å²) in [5, 5.41) is 1.89. The Morgan fingerprint density at radius 1 is 0.970 bits per heavy atom. The smallest absolute Gasteiger partial charge is 0.232 e. The summed E-state index contributed by atoms with van der Waals surface area (Å²) in [5.74, 6) is 1.33. The molecule has 8 heteroatoms. The average molecular weight is 521 g/mol. The Bertz CT molecular complexity index is 1340. The number of rotatable bonds is 3. The second kappa shape index (κ2) is 8.86. The highest BCUT2D eigenvalue weighted by Crippen LogP contribution is 2.44. The lowest BCUT2D eigenvalue weighted by atomic mass is 9.98. The normalized spacial score (nSPS) is 16.4. The first-order chi connectivity index (χ1) is 15.8. The molecule has 0 aliphatic carbocycles. The number of carbonyl (C=O) groups is 1. The summed E-state index contributed by atoms with van der Waals surface area (Å²) in [5.41, 5.74) is 3.94. The molecule has 0 bridgehead atoms. The van der Waals surface area contributed by atoms with Crippen molar-refractivity contribution in [2.75, 3.05) is 6.73 Å². The maximum Gasteiger partial charge on any atom is 0.232 e. The number of hydrogen-bond donors (Lipinski definition) is 0. The van der Waals surface area contributed by atoms with Crippen molar-refractivity contribution in [1.82, 2.24) is 4.90 Å². The molecule has 0 unspecified atom stereocenters. The number of benzene rings is 3. The summed E-state index contributed by atoms with van der Waals surface area (Å²) in [6, 6.07) is 12.6. The second-order valence-electron chi connectivity index (χ2n) is 8.00. The molecular weight excluding hydrogens is 504 g/mol. The van der Waals surface area contributed by atoms with Crippen LogP contribution >= 0.6 is 46.4 Å². The number of nitrogens with zero attached hydrogens (tertiary/aromatic N) is 1. The van der Waals surface area contributed by atoms with Crippen molar-refractivity contribution in [1.29, 1.82) is 0 Å². The van der Waals surface area contributed by atoms with Gasteiger partial charge in [0.1, 0.15) is 18.2 Å². The lowest BCUT2D eigenvalue weighted by Gasteiger charge is -2.30. The van der Waals surface area contributed by atoms with Gasteiger partial charge in [-0.15, -0.1) is 0 Å². The number of Topliss-reactive ketones (excluding diaryl/α,β-unsaturated/α-hetero) is 1. The molecule has 0 saturated heterocycles. The summed E-state index contributed by atoms with van der Waals surface area (Å²) >= 11 is 24.3. The van der Waals surface area contributed by atoms with E-state index in [0.29, 0.717) is 51.2 Å². The van der Waals surface area contributed by atoms with Gasteiger partial charge < -0.3 is 9.47 Å². The van der Waals surface area contributed by atoms with Crippen molar-refractivity contribution < 1.29 is 14.3 Å². The molecule has 3 aromatic rings. The van der Waals surface area contributed by atoms with Gasteiger partial charge in [-0.05, 0) is 60.0 Å². The van der Waals surface area contributed by atoms with Gasteiger partial charge in [0.15, 0.2) is 5.76 Å². The van der Waals surface area contributed by atoms with Gasteiger partial charge in [-0.2, -0.15) is 0 Å². The quantitative estimate of drug-likeness (QED) is 0.333. The number of allylic oxidation sites excluding steroid dienone is 1.